The number of rotatable bonds is 8. The Morgan fingerprint density at radius 3 is 2.76 bits per heavy atom. The van der Waals surface area contributed by atoms with Crippen molar-refractivity contribution in [3.05, 3.63) is 23.9 Å². The number of anilines is 1. The summed E-state index contributed by atoms with van der Waals surface area (Å²) in [6.45, 7) is 7.88. The third-order valence-electron chi connectivity index (χ3n) is 5.39. The third-order valence-corrected chi connectivity index (χ3v) is 5.39. The van der Waals surface area contributed by atoms with Gasteiger partial charge in [-0.25, -0.2) is 4.79 Å². The molecular formula is C22H31N3O4. The smallest absolute Gasteiger partial charge is 0.356 e. The molecule has 1 saturated heterocycles. The largest absolute Gasteiger partial charge is 0.494 e. The summed E-state index contributed by atoms with van der Waals surface area (Å²) in [6.07, 6.45) is 4.49. The number of fused-ring (bicyclic) bond motifs is 1. The summed E-state index contributed by atoms with van der Waals surface area (Å²) < 4.78 is 10.8. The average Bonchev–Trinajstić information content (AvgIpc) is 3.06. The molecule has 1 aromatic heterocycles. The zero-order valence-corrected chi connectivity index (χ0v) is 17.5. The fourth-order valence-electron chi connectivity index (χ4n) is 4.01. The van der Waals surface area contributed by atoms with Crippen LogP contribution in [0.25, 0.3) is 10.9 Å². The maximum absolute atomic E-state index is 12.9. The van der Waals surface area contributed by atoms with Gasteiger partial charge in [0.1, 0.15) is 11.4 Å². The number of hydrogen-bond donors (Lipinski definition) is 2. The van der Waals surface area contributed by atoms with Gasteiger partial charge >= 0.3 is 5.97 Å². The number of nitrogens with one attached hydrogen (secondary N) is 2. The number of nitrogens with zero attached hydrogens (tertiary/aromatic N) is 1. The highest BCUT2D eigenvalue weighted by Crippen LogP contribution is 2.32. The van der Waals surface area contributed by atoms with E-state index in [1.807, 2.05) is 25.1 Å². The summed E-state index contributed by atoms with van der Waals surface area (Å²) in [7, 11) is 0. The lowest BCUT2D eigenvalue weighted by Crippen LogP contribution is -2.43. The van der Waals surface area contributed by atoms with Crippen LogP contribution in [0.1, 0.15) is 56.9 Å². The molecule has 0 saturated carbocycles. The van der Waals surface area contributed by atoms with Crippen LogP contribution in [0.5, 0.6) is 5.75 Å². The zero-order chi connectivity index (χ0) is 20.8. The SMILES string of the molecule is CCOC(=O)c1[nH]c2ccc(OCC)cc2c1NC(=O)CN1CCCCC1CC. The number of likely N-dealkylation sites (tertiary alicyclic amines) is 1. The average molecular weight is 402 g/mol. The zero-order valence-electron chi connectivity index (χ0n) is 17.5. The maximum atomic E-state index is 12.9. The molecule has 2 aromatic rings. The fourth-order valence-corrected chi connectivity index (χ4v) is 4.01. The molecule has 29 heavy (non-hydrogen) atoms. The number of hydrogen-bond acceptors (Lipinski definition) is 5. The Kier molecular flexibility index (Phi) is 7.14. The number of H-pyrrole nitrogens is 1. The number of ether oxygens (including phenoxy) is 2. The molecule has 1 aliphatic rings. The number of carbonyl (C=O) groups is 2. The predicted molar refractivity (Wildman–Crippen MR) is 114 cm³/mol. The Morgan fingerprint density at radius 2 is 2.03 bits per heavy atom. The van der Waals surface area contributed by atoms with E-state index in [1.165, 1.54) is 6.42 Å². The Balaban J connectivity index is 1.88. The van der Waals surface area contributed by atoms with E-state index in [-0.39, 0.29) is 18.2 Å². The number of aromatic amines is 1. The van der Waals surface area contributed by atoms with Crippen LogP contribution in [0.15, 0.2) is 18.2 Å². The van der Waals surface area contributed by atoms with Gasteiger partial charge in [-0.15, -0.1) is 0 Å². The van der Waals surface area contributed by atoms with Crippen LogP contribution >= 0.6 is 0 Å². The first-order valence-electron chi connectivity index (χ1n) is 10.6. The first kappa shape index (κ1) is 21.2. The quantitative estimate of drug-likeness (QED) is 0.655. The molecule has 0 radical (unpaired) electrons. The van der Waals surface area contributed by atoms with Gasteiger partial charge in [0.2, 0.25) is 5.91 Å². The number of piperidine rings is 1. The Labute approximate surface area is 171 Å². The first-order chi connectivity index (χ1) is 14.1. The molecule has 1 aliphatic heterocycles. The van der Waals surface area contributed by atoms with E-state index in [9.17, 15) is 9.59 Å². The second kappa shape index (κ2) is 9.78. The molecule has 3 rings (SSSR count). The van der Waals surface area contributed by atoms with Crippen LogP contribution in [0.2, 0.25) is 0 Å². The molecule has 2 heterocycles. The van der Waals surface area contributed by atoms with Gasteiger partial charge in [-0.1, -0.05) is 13.3 Å². The number of esters is 1. The van der Waals surface area contributed by atoms with Gasteiger partial charge in [-0.05, 0) is 57.9 Å². The Morgan fingerprint density at radius 1 is 1.21 bits per heavy atom. The highest BCUT2D eigenvalue weighted by Gasteiger charge is 2.25. The minimum atomic E-state index is -0.485. The van der Waals surface area contributed by atoms with Crippen LogP contribution in [0.3, 0.4) is 0 Å². The summed E-state index contributed by atoms with van der Waals surface area (Å²) in [5.74, 6) is 0.0759. The van der Waals surface area contributed by atoms with Crippen molar-refractivity contribution in [1.82, 2.24) is 9.88 Å². The number of carbonyl (C=O) groups excluding carboxylic acids is 2. The van der Waals surface area contributed by atoms with Gasteiger partial charge in [0.15, 0.2) is 0 Å². The Hall–Kier alpha value is -2.54. The van der Waals surface area contributed by atoms with Crippen LogP contribution in [0.4, 0.5) is 5.69 Å². The van der Waals surface area contributed by atoms with Crippen molar-refractivity contribution in [3.8, 4) is 5.75 Å². The molecule has 158 valence electrons. The van der Waals surface area contributed by atoms with Crippen molar-refractivity contribution >= 4 is 28.5 Å². The van der Waals surface area contributed by atoms with E-state index in [0.717, 1.165) is 36.7 Å². The predicted octanol–water partition coefficient (Wildman–Crippen LogP) is 3.95. The second-order valence-corrected chi connectivity index (χ2v) is 7.31. The molecule has 7 nitrogen and oxygen atoms in total. The summed E-state index contributed by atoms with van der Waals surface area (Å²) in [4.78, 5) is 30.7. The van der Waals surface area contributed by atoms with Crippen molar-refractivity contribution in [2.75, 3.05) is 31.6 Å². The normalized spacial score (nSPS) is 17.3. The van der Waals surface area contributed by atoms with Crippen molar-refractivity contribution < 1.29 is 19.1 Å². The van der Waals surface area contributed by atoms with Crippen LogP contribution in [0, 0.1) is 0 Å². The second-order valence-electron chi connectivity index (χ2n) is 7.31. The van der Waals surface area contributed by atoms with Crippen molar-refractivity contribution in [2.24, 2.45) is 0 Å². The maximum Gasteiger partial charge on any atom is 0.356 e. The van der Waals surface area contributed by atoms with E-state index in [1.54, 1.807) is 6.92 Å². The summed E-state index contributed by atoms with van der Waals surface area (Å²) in [5.41, 5.74) is 1.46. The highest BCUT2D eigenvalue weighted by atomic mass is 16.5. The molecule has 7 heteroatoms. The first-order valence-corrected chi connectivity index (χ1v) is 10.6. The number of amides is 1. The lowest BCUT2D eigenvalue weighted by atomic mass is 10.00. The minimum Gasteiger partial charge on any atom is -0.494 e. The van der Waals surface area contributed by atoms with Gasteiger partial charge in [0.25, 0.3) is 0 Å². The van der Waals surface area contributed by atoms with Gasteiger partial charge in [-0.3, -0.25) is 9.69 Å². The molecular weight excluding hydrogens is 370 g/mol. The van der Waals surface area contributed by atoms with Crippen molar-refractivity contribution in [3.63, 3.8) is 0 Å². The fraction of sp³-hybridized carbons (Fsp3) is 0.545. The standard InChI is InChI=1S/C22H31N3O4/c1-4-15-9-7-8-12-25(15)14-19(26)24-20-17-13-16(28-5-2)10-11-18(17)23-21(20)22(27)29-6-3/h10-11,13,15,23H,4-9,12,14H2,1-3H3,(H,24,26). The van der Waals surface area contributed by atoms with Gasteiger partial charge < -0.3 is 19.8 Å². The third kappa shape index (κ3) is 4.90. The highest BCUT2D eigenvalue weighted by molar-refractivity contribution is 6.11. The molecule has 1 aromatic carbocycles. The van der Waals surface area contributed by atoms with Crippen LogP contribution in [-0.4, -0.2) is 54.1 Å². The van der Waals surface area contributed by atoms with Gasteiger partial charge in [-0.2, -0.15) is 0 Å². The lowest BCUT2D eigenvalue weighted by Gasteiger charge is -2.34. The molecule has 1 atom stereocenters. The molecule has 0 aliphatic carbocycles. The topological polar surface area (TPSA) is 83.7 Å². The molecule has 1 unspecified atom stereocenters. The minimum absolute atomic E-state index is 0.126. The van der Waals surface area contributed by atoms with Crippen LogP contribution in [-0.2, 0) is 9.53 Å². The lowest BCUT2D eigenvalue weighted by molar-refractivity contribution is -0.118. The van der Waals surface area contributed by atoms with E-state index < -0.39 is 5.97 Å². The molecule has 2 N–H and O–H groups in total. The summed E-state index contributed by atoms with van der Waals surface area (Å²) >= 11 is 0. The molecule has 1 fully saturated rings. The summed E-state index contributed by atoms with van der Waals surface area (Å²) in [5, 5.41) is 3.70. The number of aromatic nitrogens is 1. The van der Waals surface area contributed by atoms with Crippen molar-refractivity contribution in [1.29, 1.82) is 0 Å². The molecule has 0 spiro atoms. The monoisotopic (exact) mass is 401 g/mol. The Bertz CT molecular complexity index is 861. The van der Waals surface area contributed by atoms with Gasteiger partial charge in [0.05, 0.1) is 25.4 Å². The van der Waals surface area contributed by atoms with Gasteiger partial charge in [0, 0.05) is 16.9 Å². The van der Waals surface area contributed by atoms with E-state index >= 15 is 0 Å². The summed E-state index contributed by atoms with van der Waals surface area (Å²) in [6, 6.07) is 5.95. The van der Waals surface area contributed by atoms with Crippen molar-refractivity contribution in [2.45, 2.75) is 52.5 Å². The van der Waals surface area contributed by atoms with E-state index in [2.05, 4.69) is 22.1 Å². The van der Waals surface area contributed by atoms with Crippen LogP contribution < -0.4 is 10.1 Å². The molecule has 1 amide bonds. The van der Waals surface area contributed by atoms with E-state index in [4.69, 9.17) is 9.47 Å². The molecule has 0 bridgehead atoms. The number of benzene rings is 1. The van der Waals surface area contributed by atoms with E-state index in [0.29, 0.717) is 30.6 Å².